The van der Waals surface area contributed by atoms with Crippen molar-refractivity contribution in [1.82, 2.24) is 15.1 Å². The average Bonchev–Trinajstić information content (AvgIpc) is 2.88. The zero-order valence-corrected chi connectivity index (χ0v) is 10.5. The molecular weight excluding hydrogens is 261 g/mol. The number of aryl methyl sites for hydroxylation is 1. The summed E-state index contributed by atoms with van der Waals surface area (Å²) in [7, 11) is 0. The van der Waals surface area contributed by atoms with Gasteiger partial charge in [0.05, 0.1) is 5.56 Å². The fourth-order valence-electron chi connectivity index (χ4n) is 1.78. The molecule has 0 saturated heterocycles. The van der Waals surface area contributed by atoms with Crippen LogP contribution in [-0.2, 0) is 0 Å². The molecule has 3 aromatic rings. The molecule has 0 atom stereocenters. The SMILES string of the molecule is Cc1ccnc(-c2noc(-c3ccc(F)cc3O)n2)c1. The van der Waals surface area contributed by atoms with Crippen LogP contribution in [0.3, 0.4) is 0 Å². The number of phenolic OH excluding ortho intramolecular Hbond substituents is 1. The van der Waals surface area contributed by atoms with E-state index in [2.05, 4.69) is 15.1 Å². The summed E-state index contributed by atoms with van der Waals surface area (Å²) in [5, 5.41) is 13.5. The Balaban J connectivity index is 2.02. The smallest absolute Gasteiger partial charge is 0.262 e. The topological polar surface area (TPSA) is 72.0 Å². The Bertz CT molecular complexity index is 771. The molecule has 0 bridgehead atoms. The molecule has 0 aliphatic carbocycles. The number of phenols is 1. The number of hydrogen-bond donors (Lipinski definition) is 1. The third-order valence-corrected chi connectivity index (χ3v) is 2.76. The molecule has 0 radical (unpaired) electrons. The average molecular weight is 271 g/mol. The number of pyridine rings is 1. The van der Waals surface area contributed by atoms with Gasteiger partial charge in [-0.05, 0) is 36.8 Å². The molecule has 0 aliphatic rings. The summed E-state index contributed by atoms with van der Waals surface area (Å²) in [5.41, 5.74) is 1.87. The number of halogens is 1. The predicted molar refractivity (Wildman–Crippen MR) is 69.3 cm³/mol. The van der Waals surface area contributed by atoms with E-state index in [1.807, 2.05) is 19.1 Å². The number of benzene rings is 1. The van der Waals surface area contributed by atoms with Crippen LogP contribution in [0, 0.1) is 12.7 Å². The predicted octanol–water partition coefficient (Wildman–Crippen LogP) is 2.95. The van der Waals surface area contributed by atoms with Crippen molar-refractivity contribution in [3.63, 3.8) is 0 Å². The minimum Gasteiger partial charge on any atom is -0.507 e. The van der Waals surface area contributed by atoms with Crippen molar-refractivity contribution >= 4 is 0 Å². The first-order valence-electron chi connectivity index (χ1n) is 5.89. The molecule has 20 heavy (non-hydrogen) atoms. The molecule has 0 fully saturated rings. The van der Waals surface area contributed by atoms with Gasteiger partial charge in [0.1, 0.15) is 17.3 Å². The second-order valence-electron chi connectivity index (χ2n) is 4.30. The first-order valence-corrected chi connectivity index (χ1v) is 5.89. The van der Waals surface area contributed by atoms with E-state index in [9.17, 15) is 9.50 Å². The first-order chi connectivity index (χ1) is 9.63. The highest BCUT2D eigenvalue weighted by Gasteiger charge is 2.15. The Morgan fingerprint density at radius 3 is 2.80 bits per heavy atom. The van der Waals surface area contributed by atoms with Crippen LogP contribution in [0.15, 0.2) is 41.1 Å². The zero-order chi connectivity index (χ0) is 14.1. The van der Waals surface area contributed by atoms with Gasteiger partial charge in [-0.1, -0.05) is 5.16 Å². The zero-order valence-electron chi connectivity index (χ0n) is 10.5. The number of hydrogen-bond acceptors (Lipinski definition) is 5. The normalized spacial score (nSPS) is 10.7. The molecule has 0 amide bonds. The van der Waals surface area contributed by atoms with E-state index in [1.54, 1.807) is 6.20 Å². The molecule has 2 heterocycles. The van der Waals surface area contributed by atoms with Crippen LogP contribution in [0.5, 0.6) is 5.75 Å². The van der Waals surface area contributed by atoms with Gasteiger partial charge < -0.3 is 9.63 Å². The first kappa shape index (κ1) is 12.3. The Morgan fingerprint density at radius 1 is 1.20 bits per heavy atom. The minimum absolute atomic E-state index is 0.112. The van der Waals surface area contributed by atoms with Gasteiger partial charge in [0.15, 0.2) is 0 Å². The molecule has 3 rings (SSSR count). The summed E-state index contributed by atoms with van der Waals surface area (Å²) < 4.78 is 18.0. The summed E-state index contributed by atoms with van der Waals surface area (Å²) in [6.07, 6.45) is 1.65. The van der Waals surface area contributed by atoms with Crippen molar-refractivity contribution in [2.75, 3.05) is 0 Å². The second kappa shape index (κ2) is 4.73. The highest BCUT2D eigenvalue weighted by molar-refractivity contribution is 5.64. The van der Waals surface area contributed by atoms with E-state index in [0.29, 0.717) is 11.5 Å². The number of aromatic hydroxyl groups is 1. The monoisotopic (exact) mass is 271 g/mol. The van der Waals surface area contributed by atoms with Crippen LogP contribution in [0.4, 0.5) is 4.39 Å². The van der Waals surface area contributed by atoms with Gasteiger partial charge >= 0.3 is 0 Å². The molecule has 100 valence electrons. The quantitative estimate of drug-likeness (QED) is 0.775. The van der Waals surface area contributed by atoms with Gasteiger partial charge in [-0.3, -0.25) is 4.98 Å². The van der Waals surface area contributed by atoms with Gasteiger partial charge in [-0.2, -0.15) is 4.98 Å². The van der Waals surface area contributed by atoms with Crippen LogP contribution in [0.1, 0.15) is 5.56 Å². The molecular formula is C14H10FN3O2. The van der Waals surface area contributed by atoms with E-state index < -0.39 is 5.82 Å². The lowest BCUT2D eigenvalue weighted by Gasteiger charge is -1.98. The second-order valence-corrected chi connectivity index (χ2v) is 4.30. The van der Waals surface area contributed by atoms with Gasteiger partial charge in [0.25, 0.3) is 5.89 Å². The maximum Gasteiger partial charge on any atom is 0.262 e. The summed E-state index contributed by atoms with van der Waals surface area (Å²) >= 11 is 0. The largest absolute Gasteiger partial charge is 0.507 e. The summed E-state index contributed by atoms with van der Waals surface area (Å²) in [6.45, 7) is 1.93. The standard InChI is InChI=1S/C14H10FN3O2/c1-8-4-5-16-11(6-8)13-17-14(20-18-13)10-3-2-9(15)7-12(10)19/h2-7,19H,1H3. The Hall–Kier alpha value is -2.76. The van der Waals surface area contributed by atoms with Crippen LogP contribution in [-0.4, -0.2) is 20.2 Å². The molecule has 6 heteroatoms. The third kappa shape index (κ3) is 2.23. The maximum absolute atomic E-state index is 12.9. The Kier molecular flexibility index (Phi) is 2.90. The maximum atomic E-state index is 12.9. The molecule has 5 nitrogen and oxygen atoms in total. The van der Waals surface area contributed by atoms with Crippen molar-refractivity contribution in [1.29, 1.82) is 0 Å². The van der Waals surface area contributed by atoms with Gasteiger partial charge in [0.2, 0.25) is 5.82 Å². The number of nitrogens with zero attached hydrogens (tertiary/aromatic N) is 3. The van der Waals surface area contributed by atoms with Crippen molar-refractivity contribution in [3.8, 4) is 28.7 Å². The van der Waals surface area contributed by atoms with E-state index in [4.69, 9.17) is 4.52 Å². The molecule has 1 aromatic carbocycles. The van der Waals surface area contributed by atoms with Crippen molar-refractivity contribution in [3.05, 3.63) is 47.9 Å². The molecule has 0 aliphatic heterocycles. The van der Waals surface area contributed by atoms with E-state index in [0.717, 1.165) is 11.6 Å². The molecule has 0 saturated carbocycles. The lowest BCUT2D eigenvalue weighted by Crippen LogP contribution is -1.86. The van der Waals surface area contributed by atoms with Gasteiger partial charge in [-0.25, -0.2) is 4.39 Å². The fraction of sp³-hybridized carbons (Fsp3) is 0.0714. The summed E-state index contributed by atoms with van der Waals surface area (Å²) in [6, 6.07) is 7.26. The molecule has 2 aromatic heterocycles. The highest BCUT2D eigenvalue weighted by atomic mass is 19.1. The summed E-state index contributed by atoms with van der Waals surface area (Å²) in [5.74, 6) is -0.364. The third-order valence-electron chi connectivity index (χ3n) is 2.76. The lowest BCUT2D eigenvalue weighted by molar-refractivity contribution is 0.424. The van der Waals surface area contributed by atoms with E-state index >= 15 is 0 Å². The van der Waals surface area contributed by atoms with Crippen LogP contribution in [0.2, 0.25) is 0 Å². The van der Waals surface area contributed by atoms with E-state index in [1.165, 1.54) is 12.1 Å². The summed E-state index contributed by atoms with van der Waals surface area (Å²) in [4.78, 5) is 8.31. The van der Waals surface area contributed by atoms with Crippen molar-refractivity contribution < 1.29 is 14.0 Å². The fourth-order valence-corrected chi connectivity index (χ4v) is 1.78. The van der Waals surface area contributed by atoms with Crippen molar-refractivity contribution in [2.24, 2.45) is 0 Å². The van der Waals surface area contributed by atoms with Crippen LogP contribution < -0.4 is 0 Å². The number of aromatic nitrogens is 3. The Morgan fingerprint density at radius 2 is 2.05 bits per heavy atom. The van der Waals surface area contributed by atoms with Crippen LogP contribution >= 0.6 is 0 Å². The van der Waals surface area contributed by atoms with Crippen molar-refractivity contribution in [2.45, 2.75) is 6.92 Å². The lowest BCUT2D eigenvalue weighted by atomic mass is 10.2. The van der Waals surface area contributed by atoms with Crippen LogP contribution in [0.25, 0.3) is 23.0 Å². The van der Waals surface area contributed by atoms with E-state index in [-0.39, 0.29) is 17.2 Å². The molecule has 0 spiro atoms. The molecule has 1 N–H and O–H groups in total. The van der Waals surface area contributed by atoms with Gasteiger partial charge in [-0.15, -0.1) is 0 Å². The van der Waals surface area contributed by atoms with Gasteiger partial charge in [0, 0.05) is 12.3 Å². The number of rotatable bonds is 2. The molecule has 0 unspecified atom stereocenters. The minimum atomic E-state index is -0.536. The highest BCUT2D eigenvalue weighted by Crippen LogP contribution is 2.29. The Labute approximate surface area is 113 Å².